The van der Waals surface area contributed by atoms with E-state index in [-0.39, 0.29) is 11.5 Å². The number of aryl methyl sites for hydroxylation is 1. The number of hydrogen-bond donors (Lipinski definition) is 1. The molecule has 4 aromatic rings. The Labute approximate surface area is 222 Å². The van der Waals surface area contributed by atoms with Gasteiger partial charge in [0.1, 0.15) is 17.1 Å². The molecule has 1 aromatic carbocycles. The van der Waals surface area contributed by atoms with E-state index in [1.807, 2.05) is 0 Å². The van der Waals surface area contributed by atoms with Gasteiger partial charge in [-0.25, -0.2) is 17.6 Å². The summed E-state index contributed by atoms with van der Waals surface area (Å²) in [4.78, 5) is 12.8. The molecule has 14 heteroatoms. The third-order valence-electron chi connectivity index (χ3n) is 5.52. The van der Waals surface area contributed by atoms with E-state index in [2.05, 4.69) is 15.5 Å². The minimum absolute atomic E-state index is 0.0357. The lowest BCUT2D eigenvalue weighted by molar-refractivity contribution is 0.0993. The largest absolute Gasteiger partial charge is 0.454 e. The van der Waals surface area contributed by atoms with Gasteiger partial charge in [-0.3, -0.25) is 14.2 Å². The van der Waals surface area contributed by atoms with Crippen molar-refractivity contribution in [2.75, 3.05) is 5.32 Å². The van der Waals surface area contributed by atoms with Crippen LogP contribution in [0.15, 0.2) is 34.7 Å². The van der Waals surface area contributed by atoms with Crippen LogP contribution < -0.4 is 5.32 Å². The SMILES string of the molecule is Cc1nn(Cc2ccc(Cl)cc2Cl)c(C)c1NC(=O)c1ccc(Cn2nc(C(F)F)c(Cl)c2C(F)F)o1. The van der Waals surface area contributed by atoms with Gasteiger partial charge in [0.15, 0.2) is 5.76 Å². The number of carbonyl (C=O) groups excluding carboxylic acids is 1. The molecule has 0 unspecified atom stereocenters. The Balaban J connectivity index is 1.51. The number of furan rings is 1. The summed E-state index contributed by atoms with van der Waals surface area (Å²) < 4.78 is 60.7. The molecule has 3 heterocycles. The maximum atomic E-state index is 13.4. The fourth-order valence-electron chi connectivity index (χ4n) is 3.69. The molecule has 0 aliphatic heterocycles. The number of carbonyl (C=O) groups is 1. The van der Waals surface area contributed by atoms with E-state index in [4.69, 9.17) is 39.2 Å². The van der Waals surface area contributed by atoms with Gasteiger partial charge in [-0.1, -0.05) is 40.9 Å². The van der Waals surface area contributed by atoms with Crippen LogP contribution in [0.4, 0.5) is 23.2 Å². The molecule has 0 saturated heterocycles. The molecule has 0 fully saturated rings. The Kier molecular flexibility index (Phi) is 7.86. The van der Waals surface area contributed by atoms with E-state index < -0.39 is 41.7 Å². The first kappa shape index (κ1) is 27.0. The number of nitrogens with one attached hydrogen (secondary N) is 1. The van der Waals surface area contributed by atoms with Crippen molar-refractivity contribution >= 4 is 46.4 Å². The second-order valence-corrected chi connectivity index (χ2v) is 9.22. The van der Waals surface area contributed by atoms with Crippen LogP contribution in [0.3, 0.4) is 0 Å². The normalized spacial score (nSPS) is 11.6. The number of benzene rings is 1. The van der Waals surface area contributed by atoms with Crippen molar-refractivity contribution in [3.05, 3.63) is 85.3 Å². The molecular weight excluding hydrogens is 561 g/mol. The quantitative estimate of drug-likeness (QED) is 0.220. The fourth-order valence-corrected chi connectivity index (χ4v) is 4.46. The van der Waals surface area contributed by atoms with Gasteiger partial charge in [0.2, 0.25) is 0 Å². The summed E-state index contributed by atoms with van der Waals surface area (Å²) in [6, 6.07) is 7.79. The van der Waals surface area contributed by atoms with Crippen LogP contribution in [-0.2, 0) is 13.1 Å². The second kappa shape index (κ2) is 10.8. The minimum Gasteiger partial charge on any atom is -0.454 e. The van der Waals surface area contributed by atoms with Gasteiger partial charge in [0, 0.05) is 10.0 Å². The van der Waals surface area contributed by atoms with Crippen molar-refractivity contribution < 1.29 is 26.8 Å². The number of rotatable bonds is 8. The Morgan fingerprint density at radius 2 is 1.73 bits per heavy atom. The summed E-state index contributed by atoms with van der Waals surface area (Å²) in [5.41, 5.74) is 0.602. The lowest BCUT2D eigenvalue weighted by Crippen LogP contribution is -2.13. The van der Waals surface area contributed by atoms with Crippen molar-refractivity contribution in [1.29, 1.82) is 0 Å². The summed E-state index contributed by atoms with van der Waals surface area (Å²) in [7, 11) is 0. The van der Waals surface area contributed by atoms with Gasteiger partial charge in [0.05, 0.1) is 35.2 Å². The van der Waals surface area contributed by atoms with E-state index in [9.17, 15) is 22.4 Å². The lowest BCUT2D eigenvalue weighted by atomic mass is 10.2. The van der Waals surface area contributed by atoms with E-state index in [0.29, 0.717) is 38.3 Å². The van der Waals surface area contributed by atoms with Gasteiger partial charge < -0.3 is 9.73 Å². The van der Waals surface area contributed by atoms with Crippen LogP contribution in [0.25, 0.3) is 0 Å². The highest BCUT2D eigenvalue weighted by Crippen LogP contribution is 2.35. The Bertz CT molecular complexity index is 1460. The number of halogens is 7. The summed E-state index contributed by atoms with van der Waals surface area (Å²) in [6.07, 6.45) is -6.28. The predicted octanol–water partition coefficient (Wildman–Crippen LogP) is 7.47. The standard InChI is InChI=1S/C23H18Cl3F4N5O2/c1-10-18(11(2)34(32-10)8-12-3-4-13(24)7-15(12)25)31-23(36)16-6-5-14(37-16)9-35-20(22(29)30)17(26)19(33-35)21(27)28/h3-7,21-22H,8-9H2,1-2H3,(H,31,36). The molecule has 0 aliphatic carbocycles. The first-order valence-electron chi connectivity index (χ1n) is 10.7. The molecule has 0 saturated carbocycles. The van der Waals surface area contributed by atoms with E-state index in [1.54, 1.807) is 36.7 Å². The zero-order chi connectivity index (χ0) is 27.0. The molecule has 1 N–H and O–H groups in total. The number of amides is 1. The van der Waals surface area contributed by atoms with E-state index in [0.717, 1.165) is 5.56 Å². The zero-order valence-corrected chi connectivity index (χ0v) is 21.5. The summed E-state index contributed by atoms with van der Waals surface area (Å²) in [5, 5.41) is 10.8. The fraction of sp³-hybridized carbons (Fsp3) is 0.261. The van der Waals surface area contributed by atoms with Crippen molar-refractivity contribution in [1.82, 2.24) is 19.6 Å². The van der Waals surface area contributed by atoms with Gasteiger partial charge >= 0.3 is 0 Å². The number of nitrogens with zero attached hydrogens (tertiary/aromatic N) is 4. The maximum absolute atomic E-state index is 13.4. The molecule has 3 aromatic heterocycles. The topological polar surface area (TPSA) is 77.9 Å². The molecule has 37 heavy (non-hydrogen) atoms. The average Bonchev–Trinajstić information content (AvgIpc) is 3.48. The number of hydrogen-bond acceptors (Lipinski definition) is 4. The van der Waals surface area contributed by atoms with Crippen LogP contribution in [0.2, 0.25) is 15.1 Å². The number of alkyl halides is 4. The van der Waals surface area contributed by atoms with Gasteiger partial charge in [-0.15, -0.1) is 0 Å². The molecular formula is C23H18Cl3F4N5O2. The van der Waals surface area contributed by atoms with Crippen molar-refractivity contribution in [2.45, 2.75) is 39.8 Å². The van der Waals surface area contributed by atoms with E-state index >= 15 is 0 Å². The summed E-state index contributed by atoms with van der Waals surface area (Å²) in [5.74, 6) is -0.718. The van der Waals surface area contributed by atoms with Gasteiger partial charge in [-0.2, -0.15) is 10.2 Å². The zero-order valence-electron chi connectivity index (χ0n) is 19.2. The molecule has 7 nitrogen and oxygen atoms in total. The summed E-state index contributed by atoms with van der Waals surface area (Å²) in [6.45, 7) is 3.38. The third-order valence-corrected chi connectivity index (χ3v) is 6.49. The van der Waals surface area contributed by atoms with Gasteiger partial charge in [0.25, 0.3) is 18.8 Å². The van der Waals surface area contributed by atoms with Crippen LogP contribution in [-0.4, -0.2) is 25.5 Å². The Hall–Kier alpha value is -3.02. The summed E-state index contributed by atoms with van der Waals surface area (Å²) >= 11 is 17.9. The monoisotopic (exact) mass is 577 g/mol. The third kappa shape index (κ3) is 5.63. The van der Waals surface area contributed by atoms with Crippen molar-refractivity contribution in [2.24, 2.45) is 0 Å². The van der Waals surface area contributed by atoms with Gasteiger partial charge in [-0.05, 0) is 43.7 Å². The predicted molar refractivity (Wildman–Crippen MR) is 130 cm³/mol. The molecule has 0 bridgehead atoms. The molecule has 0 atom stereocenters. The van der Waals surface area contributed by atoms with Crippen LogP contribution >= 0.6 is 34.8 Å². The molecule has 0 spiro atoms. The highest BCUT2D eigenvalue weighted by molar-refractivity contribution is 6.35. The Morgan fingerprint density at radius 1 is 1.00 bits per heavy atom. The van der Waals surface area contributed by atoms with E-state index in [1.165, 1.54) is 12.1 Å². The van der Waals surface area contributed by atoms with Crippen molar-refractivity contribution in [3.63, 3.8) is 0 Å². The van der Waals surface area contributed by atoms with Crippen LogP contribution in [0.1, 0.15) is 57.5 Å². The molecule has 4 rings (SSSR count). The maximum Gasteiger partial charge on any atom is 0.291 e. The number of aromatic nitrogens is 4. The van der Waals surface area contributed by atoms with Crippen molar-refractivity contribution in [3.8, 4) is 0 Å². The van der Waals surface area contributed by atoms with Crippen LogP contribution in [0.5, 0.6) is 0 Å². The smallest absolute Gasteiger partial charge is 0.291 e. The molecule has 0 aliphatic rings. The Morgan fingerprint density at radius 3 is 2.38 bits per heavy atom. The molecule has 0 radical (unpaired) electrons. The first-order valence-corrected chi connectivity index (χ1v) is 11.8. The highest BCUT2D eigenvalue weighted by Gasteiger charge is 2.28. The number of anilines is 1. The second-order valence-electron chi connectivity index (χ2n) is 8.00. The molecule has 196 valence electrons. The minimum atomic E-state index is -3.14. The average molecular weight is 579 g/mol. The highest BCUT2D eigenvalue weighted by atomic mass is 35.5. The molecule has 1 amide bonds. The lowest BCUT2D eigenvalue weighted by Gasteiger charge is -2.08. The van der Waals surface area contributed by atoms with Crippen LogP contribution in [0, 0.1) is 13.8 Å². The first-order chi connectivity index (χ1) is 17.5.